The number of fused-ring (bicyclic) bond motifs is 1. The molecule has 0 spiro atoms. The van der Waals surface area contributed by atoms with E-state index in [1.165, 1.54) is 31.7 Å². The molecule has 0 aromatic heterocycles. The first-order valence-electron chi connectivity index (χ1n) is 7.36. The second-order valence-corrected chi connectivity index (χ2v) is 6.00. The van der Waals surface area contributed by atoms with Crippen LogP contribution in [0.3, 0.4) is 0 Å². The van der Waals surface area contributed by atoms with Crippen LogP contribution in [-0.2, 0) is 6.54 Å². The SMILES string of the molecule is CC.CN1CC2CN(Cc3ccc(Cl)cc3)CC2C1. The molecule has 1 aromatic carbocycles. The maximum Gasteiger partial charge on any atom is 0.0406 e. The van der Waals surface area contributed by atoms with Gasteiger partial charge in [-0.2, -0.15) is 0 Å². The smallest absolute Gasteiger partial charge is 0.0406 e. The third kappa shape index (κ3) is 3.71. The first-order chi connectivity index (χ1) is 9.20. The van der Waals surface area contributed by atoms with Gasteiger partial charge in [0.15, 0.2) is 0 Å². The molecule has 2 saturated heterocycles. The second kappa shape index (κ2) is 6.74. The molecule has 2 heterocycles. The minimum absolute atomic E-state index is 0.827. The van der Waals surface area contributed by atoms with Crippen molar-refractivity contribution < 1.29 is 0 Å². The van der Waals surface area contributed by atoms with E-state index in [0.717, 1.165) is 23.4 Å². The van der Waals surface area contributed by atoms with Gasteiger partial charge in [-0.3, -0.25) is 4.90 Å². The van der Waals surface area contributed by atoms with Crippen LogP contribution in [0.1, 0.15) is 19.4 Å². The van der Waals surface area contributed by atoms with Gasteiger partial charge in [0, 0.05) is 37.7 Å². The van der Waals surface area contributed by atoms with E-state index < -0.39 is 0 Å². The van der Waals surface area contributed by atoms with Gasteiger partial charge in [-0.05, 0) is 36.6 Å². The second-order valence-electron chi connectivity index (χ2n) is 5.56. The highest BCUT2D eigenvalue weighted by atomic mass is 35.5. The largest absolute Gasteiger partial charge is 0.306 e. The van der Waals surface area contributed by atoms with Crippen LogP contribution in [0, 0.1) is 11.8 Å². The van der Waals surface area contributed by atoms with E-state index in [-0.39, 0.29) is 0 Å². The molecule has 0 aliphatic carbocycles. The van der Waals surface area contributed by atoms with Crippen molar-refractivity contribution in [2.45, 2.75) is 20.4 Å². The highest BCUT2D eigenvalue weighted by molar-refractivity contribution is 6.30. The molecule has 2 fully saturated rings. The van der Waals surface area contributed by atoms with E-state index in [0.29, 0.717) is 0 Å². The van der Waals surface area contributed by atoms with Gasteiger partial charge in [0.2, 0.25) is 0 Å². The van der Waals surface area contributed by atoms with E-state index in [1.54, 1.807) is 0 Å². The van der Waals surface area contributed by atoms with Crippen LogP contribution >= 0.6 is 11.6 Å². The van der Waals surface area contributed by atoms with E-state index >= 15 is 0 Å². The molecule has 106 valence electrons. The molecule has 19 heavy (non-hydrogen) atoms. The Labute approximate surface area is 122 Å². The van der Waals surface area contributed by atoms with Crippen LogP contribution < -0.4 is 0 Å². The molecule has 3 heteroatoms. The summed E-state index contributed by atoms with van der Waals surface area (Å²) in [6, 6.07) is 8.26. The molecule has 0 amide bonds. The zero-order valence-corrected chi connectivity index (χ0v) is 13.0. The van der Waals surface area contributed by atoms with Crippen molar-refractivity contribution in [3.05, 3.63) is 34.9 Å². The summed E-state index contributed by atoms with van der Waals surface area (Å²) >= 11 is 5.90. The Hall–Kier alpha value is -0.570. The predicted molar refractivity (Wildman–Crippen MR) is 82.6 cm³/mol. The Morgan fingerprint density at radius 3 is 2.05 bits per heavy atom. The summed E-state index contributed by atoms with van der Waals surface area (Å²) in [5, 5.41) is 0.827. The van der Waals surface area contributed by atoms with Gasteiger partial charge in [0.05, 0.1) is 0 Å². The van der Waals surface area contributed by atoms with Crippen LogP contribution in [-0.4, -0.2) is 43.0 Å². The summed E-state index contributed by atoms with van der Waals surface area (Å²) in [6.45, 7) is 10.2. The fourth-order valence-corrected chi connectivity index (χ4v) is 3.43. The molecular weight excluding hydrogens is 256 g/mol. The van der Waals surface area contributed by atoms with Crippen LogP contribution in [0.15, 0.2) is 24.3 Å². The lowest BCUT2D eigenvalue weighted by Gasteiger charge is -2.18. The lowest BCUT2D eigenvalue weighted by atomic mass is 10.0. The van der Waals surface area contributed by atoms with Crippen molar-refractivity contribution >= 4 is 11.6 Å². The molecule has 1 aromatic rings. The number of rotatable bonds is 2. The molecule has 0 saturated carbocycles. The van der Waals surface area contributed by atoms with Gasteiger partial charge >= 0.3 is 0 Å². The van der Waals surface area contributed by atoms with Crippen molar-refractivity contribution in [3.8, 4) is 0 Å². The maximum absolute atomic E-state index is 5.90. The van der Waals surface area contributed by atoms with Gasteiger partial charge in [-0.15, -0.1) is 0 Å². The lowest BCUT2D eigenvalue weighted by Crippen LogP contribution is -2.26. The molecule has 2 unspecified atom stereocenters. The van der Waals surface area contributed by atoms with Gasteiger partial charge in [0.25, 0.3) is 0 Å². The zero-order valence-electron chi connectivity index (χ0n) is 12.3. The molecular formula is C16H25ClN2. The molecule has 2 aliphatic heterocycles. The highest BCUT2D eigenvalue weighted by Gasteiger charge is 2.38. The first kappa shape index (κ1) is 14.8. The molecule has 3 rings (SSSR count). The number of hydrogen-bond donors (Lipinski definition) is 0. The van der Waals surface area contributed by atoms with Crippen molar-refractivity contribution in [1.29, 1.82) is 0 Å². The van der Waals surface area contributed by atoms with E-state index in [2.05, 4.69) is 29.0 Å². The van der Waals surface area contributed by atoms with E-state index in [9.17, 15) is 0 Å². The molecule has 2 atom stereocenters. The van der Waals surface area contributed by atoms with Crippen LogP contribution in [0.5, 0.6) is 0 Å². The Morgan fingerprint density at radius 2 is 1.53 bits per heavy atom. The van der Waals surface area contributed by atoms with Crippen molar-refractivity contribution in [2.75, 3.05) is 33.2 Å². The normalized spacial score (nSPS) is 26.9. The van der Waals surface area contributed by atoms with Gasteiger partial charge in [0.1, 0.15) is 0 Å². The molecule has 0 N–H and O–H groups in total. The number of likely N-dealkylation sites (tertiary alicyclic amines) is 2. The Morgan fingerprint density at radius 1 is 1.00 bits per heavy atom. The fourth-order valence-electron chi connectivity index (χ4n) is 3.30. The molecule has 2 aliphatic rings. The van der Waals surface area contributed by atoms with E-state index in [1.807, 2.05) is 26.0 Å². The molecule has 0 radical (unpaired) electrons. The summed E-state index contributed by atoms with van der Waals surface area (Å²) in [5.74, 6) is 1.79. The first-order valence-corrected chi connectivity index (χ1v) is 7.74. The zero-order chi connectivity index (χ0) is 13.8. The van der Waals surface area contributed by atoms with Crippen LogP contribution in [0.2, 0.25) is 5.02 Å². The lowest BCUT2D eigenvalue weighted by molar-refractivity contribution is 0.272. The summed E-state index contributed by atoms with van der Waals surface area (Å²) in [5.41, 5.74) is 1.38. The van der Waals surface area contributed by atoms with E-state index in [4.69, 9.17) is 11.6 Å². The average Bonchev–Trinajstić information content (AvgIpc) is 2.91. The van der Waals surface area contributed by atoms with Crippen molar-refractivity contribution in [2.24, 2.45) is 11.8 Å². The Bertz CT molecular complexity index is 376. The predicted octanol–water partition coefficient (Wildman–Crippen LogP) is 3.36. The standard InChI is InChI=1S/C14H19ClN2.C2H6/c1-16-7-12-9-17(10-13(12)8-16)6-11-2-4-14(15)5-3-11;1-2/h2-5,12-13H,6-10H2,1H3;1-2H3. The highest BCUT2D eigenvalue weighted by Crippen LogP contribution is 2.30. The maximum atomic E-state index is 5.90. The Balaban J connectivity index is 0.000000637. The quantitative estimate of drug-likeness (QED) is 0.820. The average molecular weight is 281 g/mol. The monoisotopic (exact) mass is 280 g/mol. The third-order valence-corrected chi connectivity index (χ3v) is 4.32. The fraction of sp³-hybridized carbons (Fsp3) is 0.625. The van der Waals surface area contributed by atoms with Gasteiger partial charge in [-0.25, -0.2) is 0 Å². The number of nitrogens with zero attached hydrogens (tertiary/aromatic N) is 2. The number of hydrogen-bond acceptors (Lipinski definition) is 2. The number of halogens is 1. The number of benzene rings is 1. The molecule has 0 bridgehead atoms. The summed E-state index contributed by atoms with van der Waals surface area (Å²) in [6.07, 6.45) is 0. The topological polar surface area (TPSA) is 6.48 Å². The Kier molecular flexibility index (Phi) is 5.26. The summed E-state index contributed by atoms with van der Waals surface area (Å²) in [7, 11) is 2.24. The summed E-state index contributed by atoms with van der Waals surface area (Å²) in [4.78, 5) is 5.06. The van der Waals surface area contributed by atoms with Crippen LogP contribution in [0.25, 0.3) is 0 Å². The summed E-state index contributed by atoms with van der Waals surface area (Å²) < 4.78 is 0. The molecule has 2 nitrogen and oxygen atoms in total. The van der Waals surface area contributed by atoms with Crippen LogP contribution in [0.4, 0.5) is 0 Å². The van der Waals surface area contributed by atoms with Crippen molar-refractivity contribution in [3.63, 3.8) is 0 Å². The van der Waals surface area contributed by atoms with Crippen molar-refractivity contribution in [1.82, 2.24) is 9.80 Å². The van der Waals surface area contributed by atoms with Gasteiger partial charge in [-0.1, -0.05) is 37.6 Å². The third-order valence-electron chi connectivity index (χ3n) is 4.06. The minimum Gasteiger partial charge on any atom is -0.306 e. The van der Waals surface area contributed by atoms with Gasteiger partial charge < -0.3 is 4.90 Å². The minimum atomic E-state index is 0.827.